The minimum absolute atomic E-state index is 0.886. The van der Waals surface area contributed by atoms with Crippen molar-refractivity contribution in [2.24, 2.45) is 41.4 Å². The minimum atomic E-state index is 0.886. The van der Waals surface area contributed by atoms with Crippen LogP contribution in [0.25, 0.3) is 0 Å². The maximum atomic E-state index is 4.10. The molecular weight excluding hydrogens is 248 g/mol. The molecule has 4 bridgehead atoms. The van der Waals surface area contributed by atoms with Gasteiger partial charge < -0.3 is 0 Å². The van der Waals surface area contributed by atoms with Crippen LogP contribution in [0, 0.1) is 41.4 Å². The van der Waals surface area contributed by atoms with Crippen LogP contribution in [0.1, 0.15) is 45.4 Å². The van der Waals surface area contributed by atoms with E-state index in [1.54, 1.807) is 19.3 Å². The first kappa shape index (κ1) is 12.8. The molecule has 0 N–H and O–H groups in total. The van der Waals surface area contributed by atoms with E-state index in [1.807, 2.05) is 0 Å². The van der Waals surface area contributed by atoms with Gasteiger partial charge in [-0.25, -0.2) is 0 Å². The highest BCUT2D eigenvalue weighted by molar-refractivity contribution is 7.99. The van der Waals surface area contributed by atoms with Crippen molar-refractivity contribution < 1.29 is 0 Å². The van der Waals surface area contributed by atoms with Crippen molar-refractivity contribution in [3.8, 4) is 0 Å². The third kappa shape index (κ3) is 1.79. The molecule has 0 aromatic carbocycles. The van der Waals surface area contributed by atoms with Gasteiger partial charge in [-0.1, -0.05) is 19.4 Å². The molecule has 4 unspecified atom stereocenters. The van der Waals surface area contributed by atoms with E-state index in [1.165, 1.54) is 25.0 Å². The van der Waals surface area contributed by atoms with Crippen LogP contribution in [-0.2, 0) is 0 Å². The van der Waals surface area contributed by atoms with Gasteiger partial charge in [-0.2, -0.15) is 11.8 Å². The lowest BCUT2D eigenvalue weighted by Gasteiger charge is -2.40. The summed E-state index contributed by atoms with van der Waals surface area (Å²) in [5.41, 5.74) is 0. The molecule has 8 atom stereocenters. The summed E-state index contributed by atoms with van der Waals surface area (Å²) in [7, 11) is 0. The van der Waals surface area contributed by atoms with E-state index in [-0.39, 0.29) is 0 Å². The molecule has 4 saturated carbocycles. The second kappa shape index (κ2) is 4.83. The van der Waals surface area contributed by atoms with E-state index in [0.717, 1.165) is 46.7 Å². The lowest BCUT2D eigenvalue weighted by atomic mass is 9.67. The van der Waals surface area contributed by atoms with E-state index < -0.39 is 0 Å². The molecule has 0 heterocycles. The van der Waals surface area contributed by atoms with Crippen molar-refractivity contribution in [2.45, 2.75) is 50.7 Å². The molecule has 1 heteroatoms. The Labute approximate surface area is 122 Å². The smallest absolute Gasteiger partial charge is 0.00810 e. The van der Waals surface area contributed by atoms with Crippen LogP contribution < -0.4 is 0 Å². The van der Waals surface area contributed by atoms with Crippen molar-refractivity contribution in [3.05, 3.63) is 12.7 Å². The maximum Gasteiger partial charge on any atom is 0.00810 e. The van der Waals surface area contributed by atoms with Crippen LogP contribution >= 0.6 is 11.8 Å². The van der Waals surface area contributed by atoms with Crippen LogP contribution in [-0.4, -0.2) is 11.0 Å². The molecule has 0 saturated heterocycles. The second-order valence-corrected chi connectivity index (χ2v) is 8.95. The van der Waals surface area contributed by atoms with Crippen LogP contribution in [0.5, 0.6) is 0 Å². The lowest BCUT2D eigenvalue weighted by Crippen LogP contribution is -2.36. The fraction of sp³-hybridized carbons (Fsp3) is 0.889. The molecule has 0 aliphatic heterocycles. The molecule has 4 aliphatic carbocycles. The average Bonchev–Trinajstić information content (AvgIpc) is 3.15. The SMILES string of the molecule is C=C[C@H]1CC2C[C@H]1C1C3C[C@H](SCCCC)[C@H](C3)C21. The summed E-state index contributed by atoms with van der Waals surface area (Å²) in [4.78, 5) is 0. The Hall–Kier alpha value is 0.0900. The topological polar surface area (TPSA) is 0 Å². The number of allylic oxidation sites excluding steroid dienone is 1. The van der Waals surface area contributed by atoms with Crippen molar-refractivity contribution >= 4 is 11.8 Å². The first-order valence-electron chi connectivity index (χ1n) is 8.57. The molecule has 0 amide bonds. The van der Waals surface area contributed by atoms with Crippen molar-refractivity contribution in [3.63, 3.8) is 0 Å². The van der Waals surface area contributed by atoms with E-state index in [0.29, 0.717) is 0 Å². The molecule has 0 aromatic rings. The van der Waals surface area contributed by atoms with Crippen molar-refractivity contribution in [2.75, 3.05) is 5.75 Å². The molecule has 4 rings (SSSR count). The molecule has 4 fully saturated rings. The van der Waals surface area contributed by atoms with Gasteiger partial charge >= 0.3 is 0 Å². The predicted molar refractivity (Wildman–Crippen MR) is 84.2 cm³/mol. The highest BCUT2D eigenvalue weighted by Crippen LogP contribution is 2.70. The third-order valence-electron chi connectivity index (χ3n) is 6.94. The molecule has 0 radical (unpaired) electrons. The monoisotopic (exact) mass is 276 g/mol. The van der Waals surface area contributed by atoms with Gasteiger partial charge in [0.1, 0.15) is 0 Å². The van der Waals surface area contributed by atoms with Gasteiger partial charge in [0, 0.05) is 5.25 Å². The fourth-order valence-electron chi connectivity index (χ4n) is 6.43. The summed E-state index contributed by atoms with van der Waals surface area (Å²) in [6, 6.07) is 0. The zero-order chi connectivity index (χ0) is 13.0. The minimum Gasteiger partial charge on any atom is -0.158 e. The van der Waals surface area contributed by atoms with Crippen LogP contribution in [0.2, 0.25) is 0 Å². The van der Waals surface area contributed by atoms with Crippen LogP contribution in [0.15, 0.2) is 12.7 Å². The summed E-state index contributed by atoms with van der Waals surface area (Å²) in [5, 5.41) is 1.04. The number of hydrogen-bond acceptors (Lipinski definition) is 1. The van der Waals surface area contributed by atoms with Gasteiger partial charge in [0.25, 0.3) is 0 Å². The lowest BCUT2D eigenvalue weighted by molar-refractivity contribution is 0.125. The van der Waals surface area contributed by atoms with Gasteiger partial charge in [0.2, 0.25) is 0 Å². The summed E-state index contributed by atoms with van der Waals surface area (Å²) >= 11 is 2.33. The van der Waals surface area contributed by atoms with Crippen molar-refractivity contribution in [1.29, 1.82) is 0 Å². The Bertz CT molecular complexity index is 363. The zero-order valence-electron chi connectivity index (χ0n) is 12.3. The summed E-state index contributed by atoms with van der Waals surface area (Å²) in [6.07, 6.45) is 11.3. The maximum absolute atomic E-state index is 4.10. The standard InChI is InChI=1S/C18H28S/c1-3-5-6-19-16-10-13-9-15(16)18-12-7-11(4-2)14(8-12)17(13)18/h4,11-18H,2-3,5-10H2,1H3/t11-,12?,13?,14+,15-,16-,17?,18?/m0/s1. The highest BCUT2D eigenvalue weighted by atomic mass is 32.2. The Morgan fingerprint density at radius 1 is 1.05 bits per heavy atom. The van der Waals surface area contributed by atoms with Crippen LogP contribution in [0.3, 0.4) is 0 Å². The Morgan fingerprint density at radius 3 is 2.58 bits per heavy atom. The van der Waals surface area contributed by atoms with Gasteiger partial charge in [0.05, 0.1) is 0 Å². The molecular formula is C18H28S. The highest BCUT2D eigenvalue weighted by Gasteiger charge is 2.63. The normalized spacial score (nSPS) is 53.7. The molecule has 0 spiro atoms. The van der Waals surface area contributed by atoms with E-state index in [2.05, 4.69) is 31.3 Å². The Balaban J connectivity index is 1.45. The summed E-state index contributed by atoms with van der Waals surface area (Å²) in [6.45, 7) is 6.42. The zero-order valence-corrected chi connectivity index (χ0v) is 13.1. The van der Waals surface area contributed by atoms with E-state index in [4.69, 9.17) is 0 Å². The van der Waals surface area contributed by atoms with Crippen molar-refractivity contribution in [1.82, 2.24) is 0 Å². The summed E-state index contributed by atoms with van der Waals surface area (Å²) < 4.78 is 0. The largest absolute Gasteiger partial charge is 0.158 e. The first-order chi connectivity index (χ1) is 9.33. The quantitative estimate of drug-likeness (QED) is 0.387. The average molecular weight is 276 g/mol. The first-order valence-corrected chi connectivity index (χ1v) is 9.62. The van der Waals surface area contributed by atoms with Gasteiger partial charge in [-0.15, -0.1) is 6.58 Å². The van der Waals surface area contributed by atoms with Gasteiger partial charge in [-0.05, 0) is 79.3 Å². The van der Waals surface area contributed by atoms with Gasteiger partial charge in [-0.3, -0.25) is 0 Å². The Kier molecular flexibility index (Phi) is 3.25. The fourth-order valence-corrected chi connectivity index (χ4v) is 8.11. The number of hydrogen-bond donors (Lipinski definition) is 0. The molecule has 4 aliphatic rings. The predicted octanol–water partition coefficient (Wildman–Crippen LogP) is 5.00. The molecule has 0 nitrogen and oxygen atoms in total. The second-order valence-electron chi connectivity index (χ2n) is 7.61. The number of unbranched alkanes of at least 4 members (excludes halogenated alkanes) is 1. The molecule has 0 aromatic heterocycles. The van der Waals surface area contributed by atoms with E-state index in [9.17, 15) is 0 Å². The Morgan fingerprint density at radius 2 is 1.79 bits per heavy atom. The van der Waals surface area contributed by atoms with Crippen LogP contribution in [0.4, 0.5) is 0 Å². The number of rotatable bonds is 5. The number of thioether (sulfide) groups is 1. The van der Waals surface area contributed by atoms with Gasteiger partial charge in [0.15, 0.2) is 0 Å². The molecule has 19 heavy (non-hydrogen) atoms. The summed E-state index contributed by atoms with van der Waals surface area (Å²) in [5.74, 6) is 8.91. The molecule has 106 valence electrons. The third-order valence-corrected chi connectivity index (χ3v) is 8.44. The van der Waals surface area contributed by atoms with E-state index >= 15 is 0 Å². The number of fused-ring (bicyclic) bond motifs is 9.